The third-order valence-electron chi connectivity index (χ3n) is 7.51. The monoisotopic (exact) mass is 499 g/mol. The van der Waals surface area contributed by atoms with E-state index in [9.17, 15) is 13.2 Å². The minimum absolute atomic E-state index is 0.0431. The molecule has 2 aliphatic carbocycles. The number of fused-ring (bicyclic) bond motifs is 3. The third kappa shape index (κ3) is 5.07. The summed E-state index contributed by atoms with van der Waals surface area (Å²) in [6, 6.07) is 14.8. The zero-order valence-corrected chi connectivity index (χ0v) is 20.6. The van der Waals surface area contributed by atoms with Gasteiger partial charge < -0.3 is 5.32 Å². The van der Waals surface area contributed by atoms with E-state index >= 15 is 0 Å². The Kier molecular flexibility index (Phi) is 6.78. The maximum atomic E-state index is 12.9. The highest BCUT2D eigenvalue weighted by atomic mass is 35.5. The number of amidine groups is 1. The Morgan fingerprint density at radius 3 is 2.56 bits per heavy atom. The van der Waals surface area contributed by atoms with Crippen molar-refractivity contribution in [1.29, 1.82) is 0 Å². The van der Waals surface area contributed by atoms with Gasteiger partial charge in [-0.25, -0.2) is 13.1 Å². The number of hydrogen-bond donors (Lipinski definition) is 2. The summed E-state index contributed by atoms with van der Waals surface area (Å²) in [4.78, 5) is 18.1. The Hall–Kier alpha value is -2.22. The van der Waals surface area contributed by atoms with Gasteiger partial charge in [-0.1, -0.05) is 35.9 Å². The van der Waals surface area contributed by atoms with Gasteiger partial charge in [0, 0.05) is 29.8 Å². The first-order valence-electron chi connectivity index (χ1n) is 12.1. The first-order chi connectivity index (χ1) is 16.4. The van der Waals surface area contributed by atoms with Crippen molar-refractivity contribution in [3.63, 3.8) is 0 Å². The van der Waals surface area contributed by atoms with Crippen LogP contribution < -0.4 is 10.0 Å². The molecule has 0 unspecified atom stereocenters. The summed E-state index contributed by atoms with van der Waals surface area (Å²) in [5, 5.41) is 3.88. The number of hydrogen-bond acceptors (Lipinski definition) is 4. The molecule has 0 bridgehead atoms. The van der Waals surface area contributed by atoms with Crippen LogP contribution in [0.25, 0.3) is 0 Å². The first kappa shape index (κ1) is 23.5. The standard InChI is InChI=1S/C26H30ClN3O3S/c27-20-11-12-22-19(14-20)10-13-24-23(22)15-25(29-24)30-26(31)18-8-6-17(7-9-18)16-28-34(32,33)21-4-2-1-3-5-21/h1-5,11-12,14,17-18,23-24,28H,6-10,13,15-16H2,(H,29,30,31)/t17?,18?,23-,24+/m1/s1. The SMILES string of the molecule is O=C(NC1=N[C@H]2CCc3cc(Cl)ccc3[C@H]2C1)C1CCC(CNS(=O)(=O)c2ccccc2)CC1. The fraction of sp³-hybridized carbons (Fsp3) is 0.462. The van der Waals surface area contributed by atoms with Crippen LogP contribution in [0.15, 0.2) is 58.4 Å². The van der Waals surface area contributed by atoms with Gasteiger partial charge in [-0.3, -0.25) is 9.79 Å². The van der Waals surface area contributed by atoms with Gasteiger partial charge in [-0.15, -0.1) is 0 Å². The van der Waals surface area contributed by atoms with Gasteiger partial charge in [0.1, 0.15) is 5.84 Å². The summed E-state index contributed by atoms with van der Waals surface area (Å²) in [6.45, 7) is 0.408. The van der Waals surface area contributed by atoms with E-state index in [1.807, 2.05) is 6.07 Å². The molecule has 2 aromatic carbocycles. The van der Waals surface area contributed by atoms with Crippen LogP contribution in [0.2, 0.25) is 5.02 Å². The second-order valence-electron chi connectivity index (χ2n) is 9.71. The maximum absolute atomic E-state index is 12.9. The van der Waals surface area contributed by atoms with Crippen LogP contribution in [0, 0.1) is 11.8 Å². The Balaban J connectivity index is 1.11. The predicted octanol–water partition coefficient (Wildman–Crippen LogP) is 4.44. The summed E-state index contributed by atoms with van der Waals surface area (Å²) in [5.74, 6) is 1.39. The largest absolute Gasteiger partial charge is 0.314 e. The molecule has 8 heteroatoms. The average Bonchev–Trinajstić information content (AvgIpc) is 3.26. The van der Waals surface area contributed by atoms with E-state index in [2.05, 4.69) is 22.2 Å². The van der Waals surface area contributed by atoms with Crippen molar-refractivity contribution >= 4 is 33.4 Å². The lowest BCUT2D eigenvalue weighted by Crippen LogP contribution is -2.38. The van der Waals surface area contributed by atoms with E-state index in [1.165, 1.54) is 11.1 Å². The summed E-state index contributed by atoms with van der Waals surface area (Å²) >= 11 is 6.16. The molecule has 34 heavy (non-hydrogen) atoms. The van der Waals surface area contributed by atoms with Crippen LogP contribution in [0.5, 0.6) is 0 Å². The zero-order chi connectivity index (χ0) is 23.7. The highest BCUT2D eigenvalue weighted by molar-refractivity contribution is 7.89. The van der Waals surface area contributed by atoms with Gasteiger partial charge in [0.25, 0.3) is 0 Å². The second-order valence-corrected chi connectivity index (χ2v) is 11.9. The molecule has 1 saturated carbocycles. The molecule has 1 fully saturated rings. The molecule has 1 amide bonds. The van der Waals surface area contributed by atoms with Crippen molar-refractivity contribution in [2.45, 2.75) is 61.8 Å². The molecular formula is C26H30ClN3O3S. The molecule has 5 rings (SSSR count). The van der Waals surface area contributed by atoms with Crippen LogP contribution in [0.4, 0.5) is 0 Å². The molecule has 3 aliphatic rings. The average molecular weight is 500 g/mol. The first-order valence-corrected chi connectivity index (χ1v) is 14.0. The minimum atomic E-state index is -3.49. The van der Waals surface area contributed by atoms with Crippen molar-refractivity contribution in [3.05, 3.63) is 64.7 Å². The number of sulfonamides is 1. The van der Waals surface area contributed by atoms with Gasteiger partial charge in [-0.2, -0.15) is 0 Å². The number of halogens is 1. The number of benzene rings is 2. The molecule has 180 valence electrons. The molecule has 0 aromatic heterocycles. The molecule has 2 atom stereocenters. The molecule has 0 spiro atoms. The van der Waals surface area contributed by atoms with Gasteiger partial charge in [0.15, 0.2) is 0 Å². The van der Waals surface area contributed by atoms with Crippen LogP contribution >= 0.6 is 11.6 Å². The zero-order valence-electron chi connectivity index (χ0n) is 19.0. The Bertz CT molecular complexity index is 1190. The fourth-order valence-electron chi connectivity index (χ4n) is 5.59. The molecule has 1 heterocycles. The summed E-state index contributed by atoms with van der Waals surface area (Å²) < 4.78 is 27.6. The second kappa shape index (κ2) is 9.80. The van der Waals surface area contributed by atoms with E-state index in [-0.39, 0.29) is 28.7 Å². The molecule has 2 aromatic rings. The van der Waals surface area contributed by atoms with E-state index in [0.717, 1.165) is 55.8 Å². The van der Waals surface area contributed by atoms with Gasteiger partial charge >= 0.3 is 0 Å². The molecule has 6 nitrogen and oxygen atoms in total. The fourth-order valence-corrected chi connectivity index (χ4v) is 6.92. The van der Waals surface area contributed by atoms with Crippen molar-refractivity contribution in [3.8, 4) is 0 Å². The highest BCUT2D eigenvalue weighted by Gasteiger charge is 2.36. The number of carbonyl (C=O) groups is 1. The van der Waals surface area contributed by atoms with Gasteiger partial charge in [-0.05, 0) is 79.8 Å². The van der Waals surface area contributed by atoms with Gasteiger partial charge in [0.05, 0.1) is 10.9 Å². The van der Waals surface area contributed by atoms with E-state index in [1.54, 1.807) is 30.3 Å². The van der Waals surface area contributed by atoms with E-state index < -0.39 is 10.0 Å². The molecule has 2 N–H and O–H groups in total. The number of carbonyl (C=O) groups excluding carboxylic acids is 1. The normalized spacial score (nSPS) is 26.3. The summed E-state index contributed by atoms with van der Waals surface area (Å²) in [6.07, 6.45) is 5.93. The number of aryl methyl sites for hydroxylation is 1. The van der Waals surface area contributed by atoms with Crippen LogP contribution in [0.1, 0.15) is 55.6 Å². The van der Waals surface area contributed by atoms with Crippen molar-refractivity contribution in [1.82, 2.24) is 10.0 Å². The molecule has 0 saturated heterocycles. The number of rotatable bonds is 5. The van der Waals surface area contributed by atoms with E-state index in [4.69, 9.17) is 16.6 Å². The summed E-state index contributed by atoms with van der Waals surface area (Å²) in [7, 11) is -3.49. The lowest BCUT2D eigenvalue weighted by atomic mass is 9.79. The molecule has 0 radical (unpaired) electrons. The Labute approximate surface area is 206 Å². The minimum Gasteiger partial charge on any atom is -0.314 e. The van der Waals surface area contributed by atoms with Crippen molar-refractivity contribution < 1.29 is 13.2 Å². The number of nitrogens with one attached hydrogen (secondary N) is 2. The van der Waals surface area contributed by atoms with Crippen molar-refractivity contribution in [2.75, 3.05) is 6.54 Å². The molecular weight excluding hydrogens is 470 g/mol. The predicted molar refractivity (Wildman–Crippen MR) is 134 cm³/mol. The van der Waals surface area contributed by atoms with Crippen LogP contribution in [-0.4, -0.2) is 32.7 Å². The topological polar surface area (TPSA) is 87.6 Å². The lowest BCUT2D eigenvalue weighted by Gasteiger charge is -2.28. The van der Waals surface area contributed by atoms with Crippen LogP contribution in [-0.2, 0) is 21.2 Å². The number of amides is 1. The Morgan fingerprint density at radius 2 is 1.79 bits per heavy atom. The molecule has 1 aliphatic heterocycles. The lowest BCUT2D eigenvalue weighted by molar-refractivity contribution is -0.124. The van der Waals surface area contributed by atoms with E-state index in [0.29, 0.717) is 12.5 Å². The number of aliphatic imine (C=N–C) groups is 1. The summed E-state index contributed by atoms with van der Waals surface area (Å²) in [5.41, 5.74) is 2.62. The third-order valence-corrected chi connectivity index (χ3v) is 9.19. The smallest absolute Gasteiger partial charge is 0.240 e. The maximum Gasteiger partial charge on any atom is 0.240 e. The number of nitrogens with zero attached hydrogens (tertiary/aromatic N) is 1. The van der Waals surface area contributed by atoms with Crippen LogP contribution in [0.3, 0.4) is 0 Å². The van der Waals surface area contributed by atoms with Crippen molar-refractivity contribution in [2.24, 2.45) is 16.8 Å². The Morgan fingerprint density at radius 1 is 1.03 bits per heavy atom. The quantitative estimate of drug-likeness (QED) is 0.637. The van der Waals surface area contributed by atoms with Gasteiger partial charge in [0.2, 0.25) is 15.9 Å². The highest BCUT2D eigenvalue weighted by Crippen LogP contribution is 2.40.